The third-order valence-electron chi connectivity index (χ3n) is 4.77. The molecule has 3 heterocycles. The average molecular weight is 293 g/mol. The van der Waals surface area contributed by atoms with E-state index in [1.807, 2.05) is 0 Å². The highest BCUT2D eigenvalue weighted by molar-refractivity contribution is 5.61. The molecule has 7 heteroatoms. The first-order valence-electron chi connectivity index (χ1n) is 7.74. The number of nitrogens with zero attached hydrogens (tertiary/aromatic N) is 4. The molecule has 7 nitrogen and oxygen atoms in total. The van der Waals surface area contributed by atoms with Gasteiger partial charge in [-0.3, -0.25) is 10.1 Å². The number of hydrogen-bond acceptors (Lipinski definition) is 5. The van der Waals surface area contributed by atoms with Gasteiger partial charge in [0.2, 0.25) is 5.82 Å². The van der Waals surface area contributed by atoms with E-state index in [1.165, 1.54) is 19.3 Å². The van der Waals surface area contributed by atoms with Crippen LogP contribution in [0.3, 0.4) is 0 Å². The Morgan fingerprint density at radius 1 is 1.38 bits per heavy atom. The van der Waals surface area contributed by atoms with Crippen LogP contribution in [-0.4, -0.2) is 40.4 Å². The number of piperidine rings is 1. The van der Waals surface area contributed by atoms with E-state index in [2.05, 4.69) is 15.3 Å². The highest BCUT2D eigenvalue weighted by atomic mass is 16.6. The summed E-state index contributed by atoms with van der Waals surface area (Å²) in [6.45, 7) is 4.58. The first kappa shape index (κ1) is 14.3. The number of hydrogen-bond donors (Lipinski definition) is 1. The van der Waals surface area contributed by atoms with Gasteiger partial charge >= 0.3 is 5.69 Å². The summed E-state index contributed by atoms with van der Waals surface area (Å²) in [6, 6.07) is 0.571. The van der Waals surface area contributed by atoms with Crippen LogP contribution in [0.15, 0.2) is 0 Å². The van der Waals surface area contributed by atoms with E-state index in [0.717, 1.165) is 26.1 Å². The summed E-state index contributed by atoms with van der Waals surface area (Å²) < 4.78 is 1.66. The Hall–Kier alpha value is -1.63. The molecule has 2 unspecified atom stereocenters. The van der Waals surface area contributed by atoms with Gasteiger partial charge < -0.3 is 10.2 Å². The Morgan fingerprint density at radius 2 is 2.19 bits per heavy atom. The Labute approximate surface area is 124 Å². The summed E-state index contributed by atoms with van der Waals surface area (Å²) >= 11 is 0. The van der Waals surface area contributed by atoms with Crippen LogP contribution in [0.2, 0.25) is 0 Å². The molecule has 1 aromatic rings. The normalized spacial score (nSPS) is 26.3. The van der Waals surface area contributed by atoms with Crippen molar-refractivity contribution in [3.8, 4) is 0 Å². The van der Waals surface area contributed by atoms with Crippen molar-refractivity contribution in [2.45, 2.75) is 38.6 Å². The molecule has 2 aliphatic heterocycles. The summed E-state index contributed by atoms with van der Waals surface area (Å²) in [4.78, 5) is 13.2. The van der Waals surface area contributed by atoms with Gasteiger partial charge in [0.25, 0.3) is 0 Å². The molecule has 0 saturated carbocycles. The topological polar surface area (TPSA) is 76.2 Å². The largest absolute Gasteiger partial charge is 0.351 e. The summed E-state index contributed by atoms with van der Waals surface area (Å²) in [5.74, 6) is 1.25. The fraction of sp³-hybridized carbons (Fsp3) is 0.786. The fourth-order valence-corrected chi connectivity index (χ4v) is 3.85. The second-order valence-electron chi connectivity index (χ2n) is 6.19. The van der Waals surface area contributed by atoms with Crippen molar-refractivity contribution in [3.63, 3.8) is 0 Å². The minimum absolute atomic E-state index is 0.164. The first-order chi connectivity index (χ1) is 10.1. The van der Waals surface area contributed by atoms with E-state index in [0.29, 0.717) is 23.5 Å². The van der Waals surface area contributed by atoms with Gasteiger partial charge in [-0.15, -0.1) is 0 Å². The standard InChI is InChI=1S/C14H23N5O2/c1-10-13(19(20)21)14(17(2)16-10)18-8-4-5-11(9-18)12-6-3-7-15-12/h11-12,15H,3-9H2,1-2H3. The Bertz CT molecular complexity index is 536. The monoisotopic (exact) mass is 293 g/mol. The minimum Gasteiger partial charge on any atom is -0.351 e. The minimum atomic E-state index is -0.297. The van der Waals surface area contributed by atoms with Gasteiger partial charge in [0, 0.05) is 26.2 Å². The zero-order valence-corrected chi connectivity index (χ0v) is 12.7. The van der Waals surface area contributed by atoms with Crippen LogP contribution in [-0.2, 0) is 7.05 Å². The lowest BCUT2D eigenvalue weighted by molar-refractivity contribution is -0.384. The molecular weight excluding hydrogens is 270 g/mol. The van der Waals surface area contributed by atoms with Crippen LogP contribution >= 0.6 is 0 Å². The Kier molecular flexibility index (Phi) is 3.84. The van der Waals surface area contributed by atoms with Gasteiger partial charge in [-0.1, -0.05) is 0 Å². The fourth-order valence-electron chi connectivity index (χ4n) is 3.85. The molecule has 0 aromatic carbocycles. The van der Waals surface area contributed by atoms with Crippen LogP contribution in [0.5, 0.6) is 0 Å². The van der Waals surface area contributed by atoms with Crippen LogP contribution < -0.4 is 10.2 Å². The van der Waals surface area contributed by atoms with Crippen molar-refractivity contribution in [2.75, 3.05) is 24.5 Å². The number of rotatable bonds is 3. The molecule has 2 aliphatic rings. The third-order valence-corrected chi connectivity index (χ3v) is 4.77. The first-order valence-corrected chi connectivity index (χ1v) is 7.74. The summed E-state index contributed by atoms with van der Waals surface area (Å²) in [7, 11) is 1.80. The van der Waals surface area contributed by atoms with E-state index >= 15 is 0 Å². The average Bonchev–Trinajstić information content (AvgIpc) is 3.06. The maximum Gasteiger partial charge on any atom is 0.333 e. The number of nitrogens with one attached hydrogen (secondary N) is 1. The van der Waals surface area contributed by atoms with Crippen molar-refractivity contribution in [3.05, 3.63) is 15.8 Å². The van der Waals surface area contributed by atoms with Gasteiger partial charge in [0.1, 0.15) is 5.69 Å². The van der Waals surface area contributed by atoms with E-state index in [9.17, 15) is 10.1 Å². The third kappa shape index (κ3) is 2.62. The number of aromatic nitrogens is 2. The van der Waals surface area contributed by atoms with Gasteiger partial charge in [-0.2, -0.15) is 5.10 Å². The Morgan fingerprint density at radius 3 is 2.86 bits per heavy atom. The second-order valence-corrected chi connectivity index (χ2v) is 6.19. The molecule has 2 fully saturated rings. The van der Waals surface area contributed by atoms with E-state index in [-0.39, 0.29) is 10.6 Å². The van der Waals surface area contributed by atoms with Crippen molar-refractivity contribution in [1.82, 2.24) is 15.1 Å². The maximum atomic E-state index is 11.3. The van der Waals surface area contributed by atoms with E-state index in [4.69, 9.17) is 0 Å². The van der Waals surface area contributed by atoms with Crippen LogP contribution in [0.4, 0.5) is 11.5 Å². The van der Waals surface area contributed by atoms with Crippen LogP contribution in [0, 0.1) is 23.0 Å². The molecule has 1 aromatic heterocycles. The van der Waals surface area contributed by atoms with E-state index in [1.54, 1.807) is 18.7 Å². The lowest BCUT2D eigenvalue weighted by Gasteiger charge is -2.36. The summed E-state index contributed by atoms with van der Waals surface area (Å²) in [5.41, 5.74) is 0.663. The summed E-state index contributed by atoms with van der Waals surface area (Å²) in [6.07, 6.45) is 4.76. The quantitative estimate of drug-likeness (QED) is 0.677. The van der Waals surface area contributed by atoms with Gasteiger partial charge in [-0.05, 0) is 45.1 Å². The predicted molar refractivity (Wildman–Crippen MR) is 80.6 cm³/mol. The molecule has 0 spiro atoms. The van der Waals surface area contributed by atoms with Crippen LogP contribution in [0.25, 0.3) is 0 Å². The van der Waals surface area contributed by atoms with Crippen molar-refractivity contribution in [2.24, 2.45) is 13.0 Å². The molecule has 1 N–H and O–H groups in total. The van der Waals surface area contributed by atoms with E-state index < -0.39 is 0 Å². The molecule has 116 valence electrons. The van der Waals surface area contributed by atoms with Crippen molar-refractivity contribution in [1.29, 1.82) is 0 Å². The highest BCUT2D eigenvalue weighted by Crippen LogP contribution is 2.35. The van der Waals surface area contributed by atoms with Gasteiger partial charge in [-0.25, -0.2) is 4.68 Å². The SMILES string of the molecule is Cc1nn(C)c(N2CCCC(C3CCCN3)C2)c1[N+](=O)[O-]. The van der Waals surface area contributed by atoms with Crippen molar-refractivity contribution >= 4 is 11.5 Å². The molecule has 3 rings (SSSR count). The molecule has 0 radical (unpaired) electrons. The van der Waals surface area contributed by atoms with Crippen LogP contribution in [0.1, 0.15) is 31.4 Å². The number of aryl methyl sites for hydroxylation is 2. The predicted octanol–water partition coefficient (Wildman–Crippen LogP) is 1.61. The lowest BCUT2D eigenvalue weighted by atomic mass is 9.90. The smallest absolute Gasteiger partial charge is 0.333 e. The highest BCUT2D eigenvalue weighted by Gasteiger charge is 2.34. The lowest BCUT2D eigenvalue weighted by Crippen LogP contribution is -2.44. The molecule has 0 bridgehead atoms. The number of anilines is 1. The second kappa shape index (κ2) is 5.63. The molecule has 21 heavy (non-hydrogen) atoms. The maximum absolute atomic E-state index is 11.3. The zero-order valence-electron chi connectivity index (χ0n) is 12.7. The molecule has 0 amide bonds. The molecule has 2 saturated heterocycles. The molecular formula is C14H23N5O2. The molecule has 0 aliphatic carbocycles. The molecule has 2 atom stereocenters. The Balaban J connectivity index is 1.84. The van der Waals surface area contributed by atoms with Crippen molar-refractivity contribution < 1.29 is 4.92 Å². The number of nitro groups is 1. The van der Waals surface area contributed by atoms with Gasteiger partial charge in [0.05, 0.1) is 4.92 Å². The zero-order chi connectivity index (χ0) is 15.0. The van der Waals surface area contributed by atoms with Gasteiger partial charge in [0.15, 0.2) is 0 Å². The summed E-state index contributed by atoms with van der Waals surface area (Å²) in [5, 5.41) is 19.2.